The van der Waals surface area contributed by atoms with Crippen LogP contribution in [-0.4, -0.2) is 37.7 Å². The van der Waals surface area contributed by atoms with Gasteiger partial charge >= 0.3 is 0 Å². The highest BCUT2D eigenvalue weighted by molar-refractivity contribution is 5.99. The summed E-state index contributed by atoms with van der Waals surface area (Å²) in [6, 6.07) is 12.3. The van der Waals surface area contributed by atoms with E-state index in [1.807, 2.05) is 37.3 Å². The summed E-state index contributed by atoms with van der Waals surface area (Å²) in [5.74, 6) is 0.477. The van der Waals surface area contributed by atoms with E-state index in [1.54, 1.807) is 30.2 Å². The molecule has 1 aromatic heterocycles. The minimum Gasteiger partial charge on any atom is -0.490 e. The van der Waals surface area contributed by atoms with Crippen LogP contribution in [0.1, 0.15) is 39.7 Å². The van der Waals surface area contributed by atoms with Crippen LogP contribution in [0.5, 0.6) is 5.75 Å². The van der Waals surface area contributed by atoms with Gasteiger partial charge in [0.25, 0.3) is 5.91 Å². The Morgan fingerprint density at radius 1 is 1.19 bits per heavy atom. The normalized spacial score (nSPS) is 15.4. The van der Waals surface area contributed by atoms with E-state index in [4.69, 9.17) is 13.9 Å². The molecule has 1 aliphatic heterocycles. The summed E-state index contributed by atoms with van der Waals surface area (Å²) in [5.41, 5.74) is 2.37. The first-order valence-electron chi connectivity index (χ1n) is 10.3. The van der Waals surface area contributed by atoms with E-state index in [-0.39, 0.29) is 17.1 Å². The molecular weight excluding hydrogens is 394 g/mol. The van der Waals surface area contributed by atoms with Crippen molar-refractivity contribution in [2.45, 2.75) is 19.4 Å². The molecular formula is C25H25NO5. The van der Waals surface area contributed by atoms with Crippen LogP contribution in [0.2, 0.25) is 0 Å². The summed E-state index contributed by atoms with van der Waals surface area (Å²) in [6.45, 7) is 6.91. The molecule has 1 aliphatic rings. The van der Waals surface area contributed by atoms with Gasteiger partial charge in [0.15, 0.2) is 5.43 Å². The van der Waals surface area contributed by atoms with Gasteiger partial charge in [0.05, 0.1) is 17.0 Å². The maximum Gasteiger partial charge on any atom is 0.290 e. The number of hydrogen-bond acceptors (Lipinski definition) is 5. The molecule has 160 valence electrons. The Morgan fingerprint density at radius 3 is 2.81 bits per heavy atom. The molecule has 2 aromatic carbocycles. The van der Waals surface area contributed by atoms with Crippen LogP contribution in [0, 0.1) is 6.92 Å². The first-order valence-corrected chi connectivity index (χ1v) is 10.3. The molecule has 1 unspecified atom stereocenters. The third-order valence-corrected chi connectivity index (χ3v) is 5.41. The fraction of sp³-hybridized carbons (Fsp3) is 0.280. The zero-order valence-corrected chi connectivity index (χ0v) is 17.7. The summed E-state index contributed by atoms with van der Waals surface area (Å²) in [4.78, 5) is 28.5. The van der Waals surface area contributed by atoms with Gasteiger partial charge in [-0.25, -0.2) is 0 Å². The lowest BCUT2D eigenvalue weighted by atomic mass is 9.98. The second-order valence-corrected chi connectivity index (χ2v) is 7.59. The topological polar surface area (TPSA) is 69.0 Å². The quantitative estimate of drug-likeness (QED) is 0.403. The number of carbonyl (C=O) groups excluding carboxylic acids is 1. The minimum atomic E-state index is -0.548. The maximum absolute atomic E-state index is 13.5. The van der Waals surface area contributed by atoms with Gasteiger partial charge in [-0.15, -0.1) is 0 Å². The third kappa shape index (κ3) is 3.86. The SMILES string of the molecule is C=CCOc1cccc(C2c3c(oc4ccc(C)cc4c3=O)C(=O)N2CCCOC)c1. The van der Waals surface area contributed by atoms with Crippen molar-refractivity contribution in [3.8, 4) is 5.75 Å². The molecule has 0 radical (unpaired) electrons. The number of carbonyl (C=O) groups is 1. The Balaban J connectivity index is 1.88. The van der Waals surface area contributed by atoms with Crippen LogP contribution in [0.15, 0.2) is 64.3 Å². The molecule has 3 aromatic rings. The minimum absolute atomic E-state index is 0.112. The van der Waals surface area contributed by atoms with Crippen molar-refractivity contribution in [2.75, 3.05) is 26.9 Å². The molecule has 2 heterocycles. The first-order chi connectivity index (χ1) is 15.0. The van der Waals surface area contributed by atoms with Gasteiger partial charge in [0, 0.05) is 20.3 Å². The monoisotopic (exact) mass is 419 g/mol. The number of rotatable bonds is 8. The molecule has 0 saturated carbocycles. The van der Waals surface area contributed by atoms with Crippen molar-refractivity contribution >= 4 is 16.9 Å². The molecule has 1 atom stereocenters. The lowest BCUT2D eigenvalue weighted by molar-refractivity contribution is 0.0707. The molecule has 0 bridgehead atoms. The molecule has 0 fully saturated rings. The predicted octanol–water partition coefficient (Wildman–Crippen LogP) is 4.25. The van der Waals surface area contributed by atoms with Crippen molar-refractivity contribution in [1.29, 1.82) is 0 Å². The molecule has 6 nitrogen and oxygen atoms in total. The number of amides is 1. The lowest BCUT2D eigenvalue weighted by Crippen LogP contribution is -2.31. The number of ether oxygens (including phenoxy) is 2. The highest BCUT2D eigenvalue weighted by Crippen LogP contribution is 2.39. The fourth-order valence-electron chi connectivity index (χ4n) is 4.02. The Morgan fingerprint density at radius 2 is 2.03 bits per heavy atom. The largest absolute Gasteiger partial charge is 0.490 e. The predicted molar refractivity (Wildman–Crippen MR) is 119 cm³/mol. The first kappa shape index (κ1) is 20.9. The number of nitrogens with zero attached hydrogens (tertiary/aromatic N) is 1. The molecule has 0 saturated heterocycles. The number of aryl methyl sites for hydroxylation is 1. The van der Waals surface area contributed by atoms with Gasteiger partial charge in [-0.05, 0) is 43.2 Å². The van der Waals surface area contributed by atoms with Crippen LogP contribution >= 0.6 is 0 Å². The second-order valence-electron chi connectivity index (χ2n) is 7.59. The smallest absolute Gasteiger partial charge is 0.290 e. The Bertz CT molecular complexity index is 1200. The number of fused-ring (bicyclic) bond motifs is 2. The van der Waals surface area contributed by atoms with Crippen LogP contribution in [-0.2, 0) is 4.74 Å². The average Bonchev–Trinajstić information content (AvgIpc) is 3.05. The van der Waals surface area contributed by atoms with Gasteiger partial charge in [-0.3, -0.25) is 9.59 Å². The molecule has 4 rings (SSSR count). The lowest BCUT2D eigenvalue weighted by Gasteiger charge is -2.25. The zero-order chi connectivity index (χ0) is 22.0. The van der Waals surface area contributed by atoms with Crippen LogP contribution < -0.4 is 10.2 Å². The van der Waals surface area contributed by atoms with Gasteiger partial charge in [-0.1, -0.05) is 36.4 Å². The summed E-state index contributed by atoms with van der Waals surface area (Å²) < 4.78 is 16.8. The number of benzene rings is 2. The van der Waals surface area contributed by atoms with Crippen molar-refractivity contribution < 1.29 is 18.7 Å². The Hall–Kier alpha value is -3.38. The third-order valence-electron chi connectivity index (χ3n) is 5.41. The van der Waals surface area contributed by atoms with Crippen LogP contribution in [0.3, 0.4) is 0 Å². The summed E-state index contributed by atoms with van der Waals surface area (Å²) in [5, 5.41) is 0.481. The summed E-state index contributed by atoms with van der Waals surface area (Å²) in [7, 11) is 1.62. The van der Waals surface area contributed by atoms with E-state index in [2.05, 4.69) is 6.58 Å². The Kier molecular flexibility index (Phi) is 5.91. The van der Waals surface area contributed by atoms with E-state index < -0.39 is 6.04 Å². The highest BCUT2D eigenvalue weighted by Gasteiger charge is 2.42. The average molecular weight is 419 g/mol. The van der Waals surface area contributed by atoms with E-state index in [0.717, 1.165) is 11.1 Å². The van der Waals surface area contributed by atoms with E-state index in [0.29, 0.717) is 48.5 Å². The molecule has 0 N–H and O–H groups in total. The van der Waals surface area contributed by atoms with Crippen molar-refractivity contribution in [3.63, 3.8) is 0 Å². The summed E-state index contributed by atoms with van der Waals surface area (Å²) in [6.07, 6.45) is 2.31. The van der Waals surface area contributed by atoms with Crippen LogP contribution in [0.25, 0.3) is 11.0 Å². The highest BCUT2D eigenvalue weighted by atomic mass is 16.5. The van der Waals surface area contributed by atoms with Crippen molar-refractivity contribution in [2.24, 2.45) is 0 Å². The molecule has 1 amide bonds. The fourth-order valence-corrected chi connectivity index (χ4v) is 4.02. The Labute approximate surface area is 180 Å². The molecule has 0 spiro atoms. The van der Waals surface area contributed by atoms with Crippen molar-refractivity contribution in [3.05, 3.63) is 87.8 Å². The van der Waals surface area contributed by atoms with Crippen molar-refractivity contribution in [1.82, 2.24) is 4.90 Å². The van der Waals surface area contributed by atoms with Gasteiger partial charge < -0.3 is 18.8 Å². The van der Waals surface area contributed by atoms with E-state index in [9.17, 15) is 9.59 Å². The van der Waals surface area contributed by atoms with Gasteiger partial charge in [0.1, 0.15) is 17.9 Å². The molecule has 6 heteroatoms. The van der Waals surface area contributed by atoms with Gasteiger partial charge in [-0.2, -0.15) is 0 Å². The standard InChI is InChI=1S/C25H25NO5/c1-4-12-30-18-8-5-7-17(15-18)22-21-23(27)19-14-16(2)9-10-20(19)31-24(21)25(28)26(22)11-6-13-29-3/h4-5,7-10,14-15,22H,1,6,11-13H2,2-3H3. The molecule has 31 heavy (non-hydrogen) atoms. The van der Waals surface area contributed by atoms with Crippen LogP contribution in [0.4, 0.5) is 0 Å². The van der Waals surface area contributed by atoms with E-state index >= 15 is 0 Å². The maximum atomic E-state index is 13.5. The molecule has 0 aliphatic carbocycles. The van der Waals surface area contributed by atoms with Gasteiger partial charge in [0.2, 0.25) is 5.76 Å². The number of methoxy groups -OCH3 is 1. The number of hydrogen-bond donors (Lipinski definition) is 0. The second kappa shape index (κ2) is 8.78. The summed E-state index contributed by atoms with van der Waals surface area (Å²) >= 11 is 0. The van der Waals surface area contributed by atoms with E-state index in [1.165, 1.54) is 0 Å². The zero-order valence-electron chi connectivity index (χ0n) is 17.7.